The number of pyridine rings is 1. The van der Waals surface area contributed by atoms with Crippen LogP contribution in [0.25, 0.3) is 16.6 Å². The normalized spacial score (nSPS) is 17.6. The van der Waals surface area contributed by atoms with Crippen LogP contribution in [0.5, 0.6) is 0 Å². The molecule has 0 amide bonds. The smallest absolute Gasteiger partial charge is 0.151 e. The minimum Gasteiger partial charge on any atom is -0.352 e. The Morgan fingerprint density at radius 3 is 2.40 bits per heavy atom. The quantitative estimate of drug-likeness (QED) is 0.527. The van der Waals surface area contributed by atoms with Crippen molar-refractivity contribution in [3.63, 3.8) is 0 Å². The molecule has 1 fully saturated rings. The minimum atomic E-state index is 0.143. The summed E-state index contributed by atoms with van der Waals surface area (Å²) in [5, 5.41) is 17.6. The van der Waals surface area contributed by atoms with Gasteiger partial charge in [0.05, 0.1) is 17.3 Å². The number of fused-ring (bicyclic) bond motifs is 1. The molecule has 4 aromatic rings. The van der Waals surface area contributed by atoms with E-state index >= 15 is 0 Å². The van der Waals surface area contributed by atoms with Gasteiger partial charge < -0.3 is 4.90 Å². The highest BCUT2D eigenvalue weighted by molar-refractivity contribution is 5.66. The molecule has 7 heteroatoms. The lowest BCUT2D eigenvalue weighted by Gasteiger charge is -2.39. The van der Waals surface area contributed by atoms with Gasteiger partial charge in [-0.1, -0.05) is 41.1 Å². The number of aromatic nitrogens is 5. The lowest BCUT2D eigenvalue weighted by atomic mass is 10.0. The van der Waals surface area contributed by atoms with Crippen molar-refractivity contribution in [3.8, 4) is 11.1 Å². The molecule has 7 nitrogen and oxygen atoms in total. The summed E-state index contributed by atoms with van der Waals surface area (Å²) in [4.78, 5) is 4.62. The van der Waals surface area contributed by atoms with Crippen molar-refractivity contribution in [3.05, 3.63) is 71.7 Å². The van der Waals surface area contributed by atoms with E-state index in [1.165, 1.54) is 11.1 Å². The van der Waals surface area contributed by atoms with Crippen molar-refractivity contribution in [1.29, 1.82) is 0 Å². The Labute approximate surface area is 176 Å². The summed E-state index contributed by atoms with van der Waals surface area (Å²) in [7, 11) is 2.15. The summed E-state index contributed by atoms with van der Waals surface area (Å²) in [5.41, 5.74) is 6.53. The van der Waals surface area contributed by atoms with Crippen LogP contribution in [0.4, 0.5) is 5.82 Å². The number of hydrogen-bond donors (Lipinski definition) is 0. The summed E-state index contributed by atoms with van der Waals surface area (Å²) in [6.45, 7) is 6.71. The van der Waals surface area contributed by atoms with Gasteiger partial charge in [-0.25, -0.2) is 4.52 Å². The van der Waals surface area contributed by atoms with E-state index in [4.69, 9.17) is 0 Å². The van der Waals surface area contributed by atoms with Crippen LogP contribution < -0.4 is 4.90 Å². The Balaban J connectivity index is 1.45. The van der Waals surface area contributed by atoms with Gasteiger partial charge in [-0.2, -0.15) is 5.10 Å². The van der Waals surface area contributed by atoms with Gasteiger partial charge in [0.1, 0.15) is 5.69 Å². The highest BCUT2D eigenvalue weighted by atomic mass is 15.4. The molecule has 4 heterocycles. The monoisotopic (exact) mass is 399 g/mol. The third-order valence-electron chi connectivity index (χ3n) is 5.90. The predicted molar refractivity (Wildman–Crippen MR) is 118 cm³/mol. The number of piperazine rings is 1. The van der Waals surface area contributed by atoms with Gasteiger partial charge in [-0.05, 0) is 44.7 Å². The maximum atomic E-state index is 4.57. The van der Waals surface area contributed by atoms with Crippen LogP contribution in [0, 0.1) is 13.8 Å². The summed E-state index contributed by atoms with van der Waals surface area (Å²) in [6, 6.07) is 17.0. The molecule has 0 unspecified atom stereocenters. The highest BCUT2D eigenvalue weighted by Crippen LogP contribution is 2.29. The average Bonchev–Trinajstić information content (AvgIpc) is 3.18. The van der Waals surface area contributed by atoms with Crippen molar-refractivity contribution in [2.75, 3.05) is 31.6 Å². The second kappa shape index (κ2) is 7.50. The molecule has 3 aromatic heterocycles. The average molecular weight is 400 g/mol. The van der Waals surface area contributed by atoms with Crippen molar-refractivity contribution in [2.24, 2.45) is 0 Å². The topological polar surface area (TPSA) is 62.5 Å². The second-order valence-electron chi connectivity index (χ2n) is 8.06. The largest absolute Gasteiger partial charge is 0.352 e. The zero-order chi connectivity index (χ0) is 20.7. The van der Waals surface area contributed by atoms with Crippen LogP contribution in [0.15, 0.2) is 54.7 Å². The molecule has 0 bridgehead atoms. The summed E-state index contributed by atoms with van der Waals surface area (Å²) in [6.07, 6.45) is 2.06. The number of rotatable bonds is 3. The first-order valence-corrected chi connectivity index (χ1v) is 10.3. The first kappa shape index (κ1) is 18.7. The van der Waals surface area contributed by atoms with Crippen LogP contribution in [0.3, 0.4) is 0 Å². The molecule has 30 heavy (non-hydrogen) atoms. The molecular weight excluding hydrogens is 374 g/mol. The van der Waals surface area contributed by atoms with Crippen LogP contribution in [0.2, 0.25) is 0 Å². The fourth-order valence-corrected chi connectivity index (χ4v) is 4.01. The molecule has 1 saturated heterocycles. The van der Waals surface area contributed by atoms with E-state index < -0.39 is 0 Å². The molecular formula is C23H25N7. The number of nitrogens with zero attached hydrogens (tertiary/aromatic N) is 7. The standard InChI is InChI=1S/C23H25N7/c1-16-4-7-18(8-5-16)19-9-10-20-23(26-27-30(20)14-19)21-15-29(13-12-28(21)3)22-11-6-17(2)24-25-22/h4-11,14,21H,12-13,15H2,1-3H3/t21-/m0/s1. The van der Waals surface area contributed by atoms with Gasteiger partial charge in [0.25, 0.3) is 0 Å². The van der Waals surface area contributed by atoms with Crippen molar-refractivity contribution >= 4 is 11.3 Å². The maximum absolute atomic E-state index is 4.57. The minimum absolute atomic E-state index is 0.143. The number of hydrogen-bond acceptors (Lipinski definition) is 6. The van der Waals surface area contributed by atoms with E-state index in [1.54, 1.807) is 0 Å². The fraction of sp³-hybridized carbons (Fsp3) is 0.304. The Kier molecular flexibility index (Phi) is 4.67. The van der Waals surface area contributed by atoms with Gasteiger partial charge in [0.15, 0.2) is 5.82 Å². The van der Waals surface area contributed by atoms with Crippen molar-refractivity contribution in [1.82, 2.24) is 29.9 Å². The van der Waals surface area contributed by atoms with E-state index in [1.807, 2.05) is 23.6 Å². The zero-order valence-electron chi connectivity index (χ0n) is 17.5. The molecule has 0 radical (unpaired) electrons. The van der Waals surface area contributed by atoms with Gasteiger partial charge in [0.2, 0.25) is 0 Å². The van der Waals surface area contributed by atoms with E-state index in [0.717, 1.165) is 47.9 Å². The van der Waals surface area contributed by atoms with E-state index in [2.05, 4.69) is 86.9 Å². The first-order valence-electron chi connectivity index (χ1n) is 10.3. The molecule has 0 N–H and O–H groups in total. The molecule has 1 aliphatic rings. The third-order valence-corrected chi connectivity index (χ3v) is 5.90. The SMILES string of the molecule is Cc1ccc(-c2ccc3c([C@@H]4CN(c5ccc(C)nn5)CCN4C)nnn3c2)cc1. The summed E-state index contributed by atoms with van der Waals surface area (Å²) >= 11 is 0. The molecule has 0 saturated carbocycles. The molecule has 0 aliphatic carbocycles. The van der Waals surface area contributed by atoms with Gasteiger partial charge in [-0.15, -0.1) is 10.2 Å². The molecule has 5 rings (SSSR count). The van der Waals surface area contributed by atoms with Crippen LogP contribution in [0.1, 0.15) is 23.0 Å². The van der Waals surface area contributed by atoms with Crippen molar-refractivity contribution in [2.45, 2.75) is 19.9 Å². The lowest BCUT2D eigenvalue weighted by molar-refractivity contribution is 0.217. The van der Waals surface area contributed by atoms with Gasteiger partial charge in [-0.3, -0.25) is 4.90 Å². The fourth-order valence-electron chi connectivity index (χ4n) is 4.01. The lowest BCUT2D eigenvalue weighted by Crippen LogP contribution is -2.47. The summed E-state index contributed by atoms with van der Waals surface area (Å²) in [5.74, 6) is 0.914. The maximum Gasteiger partial charge on any atom is 0.151 e. The van der Waals surface area contributed by atoms with Crippen LogP contribution in [-0.4, -0.2) is 56.6 Å². The van der Waals surface area contributed by atoms with Crippen LogP contribution >= 0.6 is 0 Å². The number of aryl methyl sites for hydroxylation is 2. The predicted octanol–water partition coefficient (Wildman–Crippen LogP) is 3.30. The van der Waals surface area contributed by atoms with Gasteiger partial charge in [0, 0.05) is 31.4 Å². The summed E-state index contributed by atoms with van der Waals surface area (Å²) < 4.78 is 1.89. The van der Waals surface area contributed by atoms with E-state index in [-0.39, 0.29) is 6.04 Å². The van der Waals surface area contributed by atoms with Gasteiger partial charge >= 0.3 is 0 Å². The Morgan fingerprint density at radius 1 is 0.833 bits per heavy atom. The second-order valence-corrected chi connectivity index (χ2v) is 8.06. The highest BCUT2D eigenvalue weighted by Gasteiger charge is 2.30. The number of likely N-dealkylation sites (N-methyl/N-ethyl adjacent to an activating group) is 1. The molecule has 1 aromatic carbocycles. The Bertz CT molecular complexity index is 1160. The Hall–Kier alpha value is -3.32. The van der Waals surface area contributed by atoms with Crippen LogP contribution in [-0.2, 0) is 0 Å². The molecule has 1 aliphatic heterocycles. The van der Waals surface area contributed by atoms with E-state index in [0.29, 0.717) is 0 Å². The Morgan fingerprint density at radius 2 is 1.63 bits per heavy atom. The molecule has 152 valence electrons. The third kappa shape index (κ3) is 3.41. The first-order chi connectivity index (χ1) is 14.6. The number of benzene rings is 1. The van der Waals surface area contributed by atoms with E-state index in [9.17, 15) is 0 Å². The molecule has 0 spiro atoms. The zero-order valence-corrected chi connectivity index (χ0v) is 17.5. The number of anilines is 1. The van der Waals surface area contributed by atoms with Crippen molar-refractivity contribution < 1.29 is 0 Å². The molecule has 1 atom stereocenters.